The minimum absolute atomic E-state index is 0.0285. The van der Waals surface area contributed by atoms with Crippen LogP contribution in [-0.2, 0) is 4.74 Å². The zero-order valence-corrected chi connectivity index (χ0v) is 12.0. The van der Waals surface area contributed by atoms with Gasteiger partial charge < -0.3 is 4.74 Å². The lowest BCUT2D eigenvalue weighted by molar-refractivity contribution is -0.0471. The predicted octanol–water partition coefficient (Wildman–Crippen LogP) is 0.689. The van der Waals surface area contributed by atoms with Gasteiger partial charge in [-0.25, -0.2) is 5.43 Å². The quantitative estimate of drug-likeness (QED) is 0.607. The summed E-state index contributed by atoms with van der Waals surface area (Å²) >= 11 is 0. The SMILES string of the molecule is CCN1CCOC(C(NN)c2ccnn2C(C)C)C1. The molecule has 1 aromatic heterocycles. The first-order valence-electron chi connectivity index (χ1n) is 7.00. The van der Waals surface area contributed by atoms with Crippen LogP contribution in [-0.4, -0.2) is 47.0 Å². The van der Waals surface area contributed by atoms with Crippen molar-refractivity contribution >= 4 is 0 Å². The number of rotatable bonds is 5. The molecule has 6 nitrogen and oxygen atoms in total. The topological polar surface area (TPSA) is 68.3 Å². The maximum Gasteiger partial charge on any atom is 0.0925 e. The summed E-state index contributed by atoms with van der Waals surface area (Å²) in [5.74, 6) is 5.76. The third kappa shape index (κ3) is 3.14. The van der Waals surface area contributed by atoms with Crippen molar-refractivity contribution in [2.45, 2.75) is 39.0 Å². The molecule has 0 bridgehead atoms. The number of hydrazine groups is 1. The van der Waals surface area contributed by atoms with Gasteiger partial charge >= 0.3 is 0 Å². The molecule has 0 aromatic carbocycles. The van der Waals surface area contributed by atoms with Gasteiger partial charge in [0, 0.05) is 25.3 Å². The summed E-state index contributed by atoms with van der Waals surface area (Å²) in [5.41, 5.74) is 3.99. The van der Waals surface area contributed by atoms with Crippen LogP contribution in [0, 0.1) is 0 Å². The van der Waals surface area contributed by atoms with Crippen LogP contribution in [0.1, 0.15) is 38.5 Å². The molecule has 1 aromatic rings. The fraction of sp³-hybridized carbons (Fsp3) is 0.769. The number of likely N-dealkylation sites (N-methyl/N-ethyl adjacent to an activating group) is 1. The Bertz CT molecular complexity index is 392. The van der Waals surface area contributed by atoms with E-state index >= 15 is 0 Å². The Hall–Kier alpha value is -0.950. The van der Waals surface area contributed by atoms with Crippen molar-refractivity contribution in [3.8, 4) is 0 Å². The lowest BCUT2D eigenvalue weighted by Gasteiger charge is -2.36. The van der Waals surface area contributed by atoms with Crippen molar-refractivity contribution < 1.29 is 4.74 Å². The van der Waals surface area contributed by atoms with Crippen molar-refractivity contribution in [2.24, 2.45) is 5.84 Å². The van der Waals surface area contributed by atoms with Gasteiger partial charge in [0.1, 0.15) is 0 Å². The van der Waals surface area contributed by atoms with Gasteiger partial charge in [-0.15, -0.1) is 0 Å². The van der Waals surface area contributed by atoms with E-state index in [1.165, 1.54) is 0 Å². The van der Waals surface area contributed by atoms with E-state index in [9.17, 15) is 0 Å². The third-order valence-corrected chi connectivity index (χ3v) is 3.68. The first-order valence-corrected chi connectivity index (χ1v) is 7.00. The zero-order chi connectivity index (χ0) is 13.8. The summed E-state index contributed by atoms with van der Waals surface area (Å²) in [4.78, 5) is 2.38. The van der Waals surface area contributed by atoms with Crippen LogP contribution in [0.3, 0.4) is 0 Å². The molecule has 3 N–H and O–H groups in total. The van der Waals surface area contributed by atoms with E-state index in [2.05, 4.69) is 36.2 Å². The average molecular weight is 267 g/mol. The molecular weight excluding hydrogens is 242 g/mol. The lowest BCUT2D eigenvalue weighted by atomic mass is 10.1. The Labute approximate surface area is 114 Å². The molecule has 0 aliphatic carbocycles. The van der Waals surface area contributed by atoms with Gasteiger partial charge in [-0.1, -0.05) is 6.92 Å². The minimum Gasteiger partial charge on any atom is -0.373 e. The smallest absolute Gasteiger partial charge is 0.0925 e. The Morgan fingerprint density at radius 1 is 1.58 bits per heavy atom. The number of nitrogens with zero attached hydrogens (tertiary/aromatic N) is 3. The second kappa shape index (κ2) is 6.47. The van der Waals surface area contributed by atoms with Crippen molar-refractivity contribution in [1.82, 2.24) is 20.1 Å². The molecule has 2 rings (SSSR count). The molecule has 0 spiro atoms. The molecule has 0 saturated carbocycles. The molecule has 6 heteroatoms. The molecule has 1 aliphatic rings. The number of nitrogens with one attached hydrogen (secondary N) is 1. The van der Waals surface area contributed by atoms with E-state index < -0.39 is 0 Å². The predicted molar refractivity (Wildman–Crippen MR) is 74.5 cm³/mol. The van der Waals surface area contributed by atoms with Crippen molar-refractivity contribution in [2.75, 3.05) is 26.2 Å². The summed E-state index contributed by atoms with van der Waals surface area (Å²) in [6, 6.07) is 2.30. The molecule has 19 heavy (non-hydrogen) atoms. The Kier molecular flexibility index (Phi) is 4.93. The highest BCUT2D eigenvalue weighted by atomic mass is 16.5. The monoisotopic (exact) mass is 267 g/mol. The van der Waals surface area contributed by atoms with Crippen LogP contribution in [0.15, 0.2) is 12.3 Å². The van der Waals surface area contributed by atoms with Crippen molar-refractivity contribution in [1.29, 1.82) is 0 Å². The van der Waals surface area contributed by atoms with Crippen molar-refractivity contribution in [3.05, 3.63) is 18.0 Å². The van der Waals surface area contributed by atoms with Gasteiger partial charge in [0.25, 0.3) is 0 Å². The molecule has 1 aliphatic heterocycles. The summed E-state index contributed by atoms with van der Waals surface area (Å²) in [7, 11) is 0. The maximum absolute atomic E-state index is 5.90. The summed E-state index contributed by atoms with van der Waals surface area (Å²) in [5, 5.41) is 4.37. The van der Waals surface area contributed by atoms with Crippen LogP contribution < -0.4 is 11.3 Å². The minimum atomic E-state index is -0.0285. The molecule has 1 saturated heterocycles. The van der Waals surface area contributed by atoms with Crippen LogP contribution in [0.2, 0.25) is 0 Å². The van der Waals surface area contributed by atoms with Gasteiger partial charge in [-0.05, 0) is 26.5 Å². The van der Waals surface area contributed by atoms with Gasteiger partial charge in [0.15, 0.2) is 0 Å². The Balaban J connectivity index is 2.17. The van der Waals surface area contributed by atoms with Gasteiger partial charge in [0.2, 0.25) is 0 Å². The second-order valence-electron chi connectivity index (χ2n) is 5.24. The van der Waals surface area contributed by atoms with Gasteiger partial charge in [-0.2, -0.15) is 5.10 Å². The molecular formula is C13H25N5O. The van der Waals surface area contributed by atoms with E-state index in [4.69, 9.17) is 10.6 Å². The lowest BCUT2D eigenvalue weighted by Crippen LogP contribution is -2.50. The van der Waals surface area contributed by atoms with E-state index in [1.54, 1.807) is 0 Å². The molecule has 2 heterocycles. The van der Waals surface area contributed by atoms with Crippen molar-refractivity contribution in [3.63, 3.8) is 0 Å². The largest absolute Gasteiger partial charge is 0.373 e. The highest BCUT2D eigenvalue weighted by molar-refractivity contribution is 5.10. The van der Waals surface area contributed by atoms with Crippen LogP contribution in [0.5, 0.6) is 0 Å². The number of aromatic nitrogens is 2. The first-order chi connectivity index (χ1) is 9.17. The number of hydrogen-bond donors (Lipinski definition) is 2. The Morgan fingerprint density at radius 3 is 3.00 bits per heavy atom. The van der Waals surface area contributed by atoms with Crippen LogP contribution >= 0.6 is 0 Å². The molecule has 0 radical (unpaired) electrons. The van der Waals surface area contributed by atoms with Crippen LogP contribution in [0.25, 0.3) is 0 Å². The highest BCUT2D eigenvalue weighted by Gasteiger charge is 2.30. The summed E-state index contributed by atoms with van der Waals surface area (Å²) in [6.45, 7) is 10.1. The van der Waals surface area contributed by atoms with E-state index in [0.29, 0.717) is 6.04 Å². The Morgan fingerprint density at radius 2 is 2.37 bits per heavy atom. The average Bonchev–Trinajstić information content (AvgIpc) is 2.89. The highest BCUT2D eigenvalue weighted by Crippen LogP contribution is 2.23. The second-order valence-corrected chi connectivity index (χ2v) is 5.24. The fourth-order valence-corrected chi connectivity index (χ4v) is 2.61. The van der Waals surface area contributed by atoms with Gasteiger partial charge in [-0.3, -0.25) is 15.4 Å². The third-order valence-electron chi connectivity index (χ3n) is 3.68. The fourth-order valence-electron chi connectivity index (χ4n) is 2.61. The van der Waals surface area contributed by atoms with E-state index in [0.717, 1.165) is 31.9 Å². The standard InChI is InChI=1S/C13H25N5O/c1-4-17-7-8-19-12(9-17)13(16-14)11-5-6-15-18(11)10(2)3/h5-6,10,12-13,16H,4,7-9,14H2,1-3H3. The molecule has 108 valence electrons. The molecule has 2 unspecified atom stereocenters. The number of hydrogen-bond acceptors (Lipinski definition) is 5. The normalized spacial score (nSPS) is 22.9. The number of morpholine rings is 1. The maximum atomic E-state index is 5.90. The zero-order valence-electron chi connectivity index (χ0n) is 12.0. The van der Waals surface area contributed by atoms with Crippen LogP contribution in [0.4, 0.5) is 0 Å². The molecule has 1 fully saturated rings. The first kappa shape index (κ1) is 14.5. The molecule has 2 atom stereocenters. The molecule has 0 amide bonds. The summed E-state index contributed by atoms with van der Waals surface area (Å²) < 4.78 is 7.90. The number of ether oxygens (including phenoxy) is 1. The summed E-state index contributed by atoms with van der Waals surface area (Å²) in [6.07, 6.45) is 1.88. The van der Waals surface area contributed by atoms with Gasteiger partial charge in [0.05, 0.1) is 24.4 Å². The van der Waals surface area contributed by atoms with E-state index in [-0.39, 0.29) is 12.1 Å². The van der Waals surface area contributed by atoms with E-state index in [1.807, 2.05) is 16.9 Å². The number of nitrogens with two attached hydrogens (primary N) is 1.